The summed E-state index contributed by atoms with van der Waals surface area (Å²) in [6, 6.07) is 6.40. The van der Waals surface area contributed by atoms with Crippen molar-refractivity contribution in [1.82, 2.24) is 0 Å². The monoisotopic (exact) mass is 513 g/mol. The maximum absolute atomic E-state index is 10.9. The number of hydrogen-bond donors (Lipinski definition) is 4. The summed E-state index contributed by atoms with van der Waals surface area (Å²) in [5.41, 5.74) is 7.28. The van der Waals surface area contributed by atoms with Crippen LogP contribution in [0.2, 0.25) is 0 Å². The Morgan fingerprint density at radius 1 is 1.15 bits per heavy atom. The fraction of sp³-hybridized carbons (Fsp3) is 0.684. The first-order valence-electron chi connectivity index (χ1n) is 9.56. The van der Waals surface area contributed by atoms with Crippen LogP contribution in [0.5, 0.6) is 0 Å². The molecule has 156 valence electrons. The molecule has 0 aromatic heterocycles. The van der Waals surface area contributed by atoms with Crippen LogP contribution >= 0.6 is 30.4 Å². The van der Waals surface area contributed by atoms with Gasteiger partial charge in [-0.05, 0) is 65.5 Å². The Balaban J connectivity index is 2.50. The second kappa shape index (κ2) is 12.5. The number of benzene rings is 1. The molecule has 0 aliphatic rings. The van der Waals surface area contributed by atoms with Gasteiger partial charge in [0.2, 0.25) is 0 Å². The molecule has 0 amide bonds. The van der Waals surface area contributed by atoms with Crippen molar-refractivity contribution in [2.75, 3.05) is 13.2 Å². The molecule has 1 rings (SSSR count). The van der Waals surface area contributed by atoms with Crippen LogP contribution in [0, 0.1) is 3.57 Å². The number of unbranched alkanes of at least 4 members (excludes halogenated alkanes) is 5. The van der Waals surface area contributed by atoms with Gasteiger partial charge in [0.15, 0.2) is 0 Å². The fourth-order valence-corrected chi connectivity index (χ4v) is 4.13. The van der Waals surface area contributed by atoms with E-state index in [0.717, 1.165) is 15.6 Å². The van der Waals surface area contributed by atoms with Crippen molar-refractivity contribution in [2.45, 2.75) is 70.3 Å². The molecule has 0 fully saturated rings. The minimum Gasteiger partial charge on any atom is -0.394 e. The molecule has 0 radical (unpaired) electrons. The van der Waals surface area contributed by atoms with Gasteiger partial charge in [0.25, 0.3) is 0 Å². The Labute approximate surface area is 176 Å². The molecule has 1 unspecified atom stereocenters. The van der Waals surface area contributed by atoms with E-state index in [0.29, 0.717) is 12.8 Å². The third-order valence-corrected chi connectivity index (χ3v) is 6.13. The second-order valence-corrected chi connectivity index (χ2v) is 9.63. The average molecular weight is 513 g/mol. The number of nitrogens with two attached hydrogens (primary N) is 1. The predicted molar refractivity (Wildman–Crippen MR) is 117 cm³/mol. The Kier molecular flexibility index (Phi) is 11.6. The highest BCUT2D eigenvalue weighted by atomic mass is 127. The Bertz CT molecular complexity index is 610. The number of halogens is 1. The van der Waals surface area contributed by atoms with Gasteiger partial charge < -0.3 is 20.6 Å². The summed E-state index contributed by atoms with van der Waals surface area (Å²) in [6.45, 7) is 1.43. The molecular weight excluding hydrogens is 480 g/mol. The lowest BCUT2D eigenvalue weighted by Gasteiger charge is -2.27. The molecule has 8 heteroatoms. The van der Waals surface area contributed by atoms with E-state index in [1.165, 1.54) is 44.1 Å². The van der Waals surface area contributed by atoms with E-state index in [9.17, 15) is 9.67 Å². The first-order valence-corrected chi connectivity index (χ1v) is 12.2. The molecule has 1 aromatic carbocycles. The summed E-state index contributed by atoms with van der Waals surface area (Å²) in [5, 5.41) is 9.49. The lowest BCUT2D eigenvalue weighted by molar-refractivity contribution is 0.102. The molecule has 1 atom stereocenters. The first-order chi connectivity index (χ1) is 12.7. The molecule has 0 aliphatic heterocycles. The molecular formula is C19H33INO5P. The minimum absolute atomic E-state index is 0.371. The molecule has 0 heterocycles. The van der Waals surface area contributed by atoms with Crippen LogP contribution in [0.4, 0.5) is 0 Å². The van der Waals surface area contributed by atoms with Crippen LogP contribution in [0.15, 0.2) is 18.2 Å². The van der Waals surface area contributed by atoms with Crippen molar-refractivity contribution in [1.29, 1.82) is 0 Å². The molecule has 0 aliphatic carbocycles. The van der Waals surface area contributed by atoms with E-state index < -0.39 is 20.0 Å². The zero-order valence-electron chi connectivity index (χ0n) is 16.1. The quantitative estimate of drug-likeness (QED) is 0.170. The van der Waals surface area contributed by atoms with E-state index in [-0.39, 0.29) is 6.61 Å². The summed E-state index contributed by atoms with van der Waals surface area (Å²) in [7, 11) is -4.60. The van der Waals surface area contributed by atoms with Gasteiger partial charge in [-0.2, -0.15) is 0 Å². The van der Waals surface area contributed by atoms with Crippen molar-refractivity contribution in [3.8, 4) is 0 Å². The van der Waals surface area contributed by atoms with Gasteiger partial charge in [0.05, 0.1) is 18.8 Å². The molecule has 6 nitrogen and oxygen atoms in total. The topological polar surface area (TPSA) is 113 Å². The van der Waals surface area contributed by atoms with Gasteiger partial charge in [-0.1, -0.05) is 51.2 Å². The molecule has 0 spiro atoms. The van der Waals surface area contributed by atoms with Crippen molar-refractivity contribution in [2.24, 2.45) is 5.73 Å². The van der Waals surface area contributed by atoms with Gasteiger partial charge >= 0.3 is 7.82 Å². The molecule has 1 aromatic rings. The maximum Gasteiger partial charge on any atom is 0.469 e. The van der Waals surface area contributed by atoms with Gasteiger partial charge in [-0.25, -0.2) is 4.57 Å². The smallest absolute Gasteiger partial charge is 0.394 e. The molecule has 0 saturated carbocycles. The Hall–Kier alpha value is -0.0200. The third-order valence-electron chi connectivity index (χ3n) is 4.66. The highest BCUT2D eigenvalue weighted by Gasteiger charge is 2.28. The number of aliphatic hydroxyl groups excluding tert-OH is 1. The predicted octanol–water partition coefficient (Wildman–Crippen LogP) is 3.93. The van der Waals surface area contributed by atoms with Gasteiger partial charge in [-0.15, -0.1) is 0 Å². The van der Waals surface area contributed by atoms with Gasteiger partial charge in [0, 0.05) is 3.57 Å². The average Bonchev–Trinajstić information content (AvgIpc) is 2.61. The zero-order chi connectivity index (χ0) is 20.3. The number of phosphoric acid groups is 1. The van der Waals surface area contributed by atoms with Crippen LogP contribution < -0.4 is 5.73 Å². The lowest BCUT2D eigenvalue weighted by Crippen LogP contribution is -2.48. The Morgan fingerprint density at radius 3 is 2.41 bits per heavy atom. The summed E-state index contributed by atoms with van der Waals surface area (Å²) in [5.74, 6) is 0. The number of rotatable bonds is 14. The largest absolute Gasteiger partial charge is 0.469 e. The highest BCUT2D eigenvalue weighted by molar-refractivity contribution is 14.1. The van der Waals surface area contributed by atoms with Gasteiger partial charge in [-0.3, -0.25) is 4.52 Å². The van der Waals surface area contributed by atoms with E-state index in [2.05, 4.69) is 52.2 Å². The van der Waals surface area contributed by atoms with Crippen LogP contribution in [0.25, 0.3) is 0 Å². The van der Waals surface area contributed by atoms with Crippen LogP contribution in [-0.4, -0.2) is 33.6 Å². The standard InChI is InChI=1S/C19H33INO5P/c1-2-3-4-5-6-7-8-16-9-10-17(18(20)13-16)11-12-19(21,14-22)15-26-27(23,24)25/h9-10,13,22H,2-8,11-12,14-15,21H2,1H3,(H2,23,24,25). The summed E-state index contributed by atoms with van der Waals surface area (Å²) in [6.07, 6.45) is 9.75. The van der Waals surface area contributed by atoms with E-state index in [1.54, 1.807) is 0 Å². The number of hydrogen-bond acceptors (Lipinski definition) is 4. The van der Waals surface area contributed by atoms with Crippen LogP contribution in [0.1, 0.15) is 63.0 Å². The highest BCUT2D eigenvalue weighted by Crippen LogP contribution is 2.37. The normalized spacial score (nSPS) is 14.3. The first kappa shape index (κ1) is 25.0. The zero-order valence-corrected chi connectivity index (χ0v) is 19.1. The van der Waals surface area contributed by atoms with Crippen LogP contribution in [-0.2, 0) is 21.9 Å². The molecule has 0 saturated heterocycles. The van der Waals surface area contributed by atoms with Crippen molar-refractivity contribution in [3.63, 3.8) is 0 Å². The fourth-order valence-electron chi connectivity index (χ4n) is 2.85. The number of aliphatic hydroxyl groups is 1. The van der Waals surface area contributed by atoms with Gasteiger partial charge in [0.1, 0.15) is 0 Å². The molecule has 27 heavy (non-hydrogen) atoms. The molecule has 0 bridgehead atoms. The van der Waals surface area contributed by atoms with E-state index >= 15 is 0 Å². The second-order valence-electron chi connectivity index (χ2n) is 7.23. The number of phosphoric ester groups is 1. The SMILES string of the molecule is CCCCCCCCc1ccc(CCC(N)(CO)COP(=O)(O)O)c(I)c1. The lowest BCUT2D eigenvalue weighted by atomic mass is 9.93. The number of aryl methyl sites for hydroxylation is 2. The summed E-state index contributed by atoms with van der Waals surface area (Å²) in [4.78, 5) is 17.6. The van der Waals surface area contributed by atoms with Crippen LogP contribution in [0.3, 0.4) is 0 Å². The Morgan fingerprint density at radius 2 is 1.81 bits per heavy atom. The molecule has 5 N–H and O–H groups in total. The van der Waals surface area contributed by atoms with E-state index in [4.69, 9.17) is 15.5 Å². The third kappa shape index (κ3) is 10.9. The van der Waals surface area contributed by atoms with Crippen molar-refractivity contribution >= 4 is 30.4 Å². The summed E-state index contributed by atoms with van der Waals surface area (Å²) >= 11 is 2.30. The van der Waals surface area contributed by atoms with Crippen molar-refractivity contribution in [3.05, 3.63) is 32.9 Å². The maximum atomic E-state index is 10.9. The van der Waals surface area contributed by atoms with Crippen molar-refractivity contribution < 1.29 is 24.0 Å². The summed E-state index contributed by atoms with van der Waals surface area (Å²) < 4.78 is 16.5. The van der Waals surface area contributed by atoms with E-state index in [1.807, 2.05) is 0 Å². The minimum atomic E-state index is -4.60.